The van der Waals surface area contributed by atoms with Crippen molar-refractivity contribution in [3.8, 4) is 0 Å². The van der Waals surface area contributed by atoms with Crippen LogP contribution in [0.5, 0.6) is 0 Å². The van der Waals surface area contributed by atoms with Gasteiger partial charge >= 0.3 is 11.9 Å². The lowest BCUT2D eigenvalue weighted by Gasteiger charge is -2.17. The van der Waals surface area contributed by atoms with Crippen LogP contribution in [-0.2, 0) is 23.7 Å². The standard InChI is InChI=1S/C17H18N2O7S/c1-4-24-17(22)12-8(2)11-14(20)18-13(19-15(11)27-12)9(3)26-16(21)10-7-23-5-6-25-10/h7,9H,4-6H2,1-3H3,(H,18,19,20). The highest BCUT2D eigenvalue weighted by Gasteiger charge is 2.24. The molecule has 0 fully saturated rings. The highest BCUT2D eigenvalue weighted by molar-refractivity contribution is 7.20. The predicted octanol–water partition coefficient (Wildman–Crippen LogP) is 1.96. The van der Waals surface area contributed by atoms with E-state index in [9.17, 15) is 14.4 Å². The highest BCUT2D eigenvalue weighted by Crippen LogP contribution is 2.28. The number of aromatic amines is 1. The van der Waals surface area contributed by atoms with Crippen LogP contribution in [0, 0.1) is 6.92 Å². The molecule has 1 atom stereocenters. The van der Waals surface area contributed by atoms with Crippen LogP contribution in [-0.4, -0.2) is 41.7 Å². The van der Waals surface area contributed by atoms with E-state index in [-0.39, 0.29) is 24.8 Å². The summed E-state index contributed by atoms with van der Waals surface area (Å²) < 4.78 is 20.5. The summed E-state index contributed by atoms with van der Waals surface area (Å²) in [5.41, 5.74) is 0.0926. The Morgan fingerprint density at radius 2 is 2.15 bits per heavy atom. The minimum absolute atomic E-state index is 0.0481. The van der Waals surface area contributed by atoms with Crippen LogP contribution < -0.4 is 5.56 Å². The molecule has 0 saturated carbocycles. The van der Waals surface area contributed by atoms with Crippen molar-refractivity contribution in [2.24, 2.45) is 0 Å². The fourth-order valence-electron chi connectivity index (χ4n) is 2.49. The lowest BCUT2D eigenvalue weighted by atomic mass is 10.2. The molecular weight excluding hydrogens is 376 g/mol. The molecule has 0 bridgehead atoms. The number of H-pyrrole nitrogens is 1. The van der Waals surface area contributed by atoms with Gasteiger partial charge in [-0.05, 0) is 26.3 Å². The summed E-state index contributed by atoms with van der Waals surface area (Å²) in [6, 6.07) is 0. The average molecular weight is 394 g/mol. The van der Waals surface area contributed by atoms with E-state index in [0.29, 0.717) is 27.3 Å². The number of carbonyl (C=O) groups is 2. The smallest absolute Gasteiger partial charge is 0.377 e. The number of hydrogen-bond donors (Lipinski definition) is 1. The summed E-state index contributed by atoms with van der Waals surface area (Å²) in [7, 11) is 0. The molecule has 1 N–H and O–H groups in total. The van der Waals surface area contributed by atoms with Crippen LogP contribution in [0.3, 0.4) is 0 Å². The number of esters is 2. The Morgan fingerprint density at radius 1 is 1.37 bits per heavy atom. The number of fused-ring (bicyclic) bond motifs is 1. The van der Waals surface area contributed by atoms with E-state index in [2.05, 4.69) is 9.97 Å². The van der Waals surface area contributed by atoms with Gasteiger partial charge in [0.1, 0.15) is 29.2 Å². The Bertz CT molecular complexity index is 976. The average Bonchev–Trinajstić information content (AvgIpc) is 2.99. The zero-order valence-electron chi connectivity index (χ0n) is 15.0. The van der Waals surface area contributed by atoms with Crippen molar-refractivity contribution in [1.29, 1.82) is 0 Å². The van der Waals surface area contributed by atoms with Crippen LogP contribution in [0.25, 0.3) is 10.2 Å². The maximum atomic E-state index is 12.5. The molecule has 3 rings (SSSR count). The Labute approximate surface area is 157 Å². The summed E-state index contributed by atoms with van der Waals surface area (Å²) in [6.45, 7) is 5.78. The molecular formula is C17H18N2O7S. The number of nitrogens with zero attached hydrogens (tertiary/aromatic N) is 1. The molecule has 0 radical (unpaired) electrons. The van der Waals surface area contributed by atoms with Gasteiger partial charge in [-0.25, -0.2) is 14.6 Å². The van der Waals surface area contributed by atoms with Gasteiger partial charge in [0.05, 0.1) is 12.0 Å². The first-order valence-electron chi connectivity index (χ1n) is 8.28. The van der Waals surface area contributed by atoms with E-state index >= 15 is 0 Å². The van der Waals surface area contributed by atoms with E-state index in [0.717, 1.165) is 11.3 Å². The minimum atomic E-state index is -0.838. The van der Waals surface area contributed by atoms with Gasteiger partial charge < -0.3 is 23.9 Å². The summed E-state index contributed by atoms with van der Waals surface area (Å²) in [4.78, 5) is 44.2. The number of aromatic nitrogens is 2. The largest absolute Gasteiger partial charge is 0.493 e. The molecule has 1 aliphatic heterocycles. The van der Waals surface area contributed by atoms with Crippen LogP contribution in [0.2, 0.25) is 0 Å². The first kappa shape index (κ1) is 18.9. The van der Waals surface area contributed by atoms with Gasteiger partial charge in [-0.15, -0.1) is 11.3 Å². The van der Waals surface area contributed by atoms with E-state index in [4.69, 9.17) is 18.9 Å². The number of rotatable bonds is 5. The molecule has 1 aliphatic rings. The molecule has 2 aromatic rings. The number of thiophene rings is 1. The van der Waals surface area contributed by atoms with E-state index < -0.39 is 23.6 Å². The lowest BCUT2D eigenvalue weighted by Crippen LogP contribution is -2.21. The van der Waals surface area contributed by atoms with Crippen LogP contribution in [0.1, 0.15) is 41.0 Å². The summed E-state index contributed by atoms with van der Waals surface area (Å²) in [5.74, 6) is -1.11. The van der Waals surface area contributed by atoms with Gasteiger partial charge in [0.2, 0.25) is 5.76 Å². The Morgan fingerprint density at radius 3 is 2.81 bits per heavy atom. The summed E-state index contributed by atoms with van der Waals surface area (Å²) in [6.07, 6.45) is 0.348. The fraction of sp³-hybridized carbons (Fsp3) is 0.412. The van der Waals surface area contributed by atoms with Crippen molar-refractivity contribution >= 4 is 33.5 Å². The number of aryl methyl sites for hydroxylation is 1. The molecule has 0 aliphatic carbocycles. The zero-order chi connectivity index (χ0) is 19.6. The van der Waals surface area contributed by atoms with Crippen molar-refractivity contribution in [1.82, 2.24) is 9.97 Å². The third-order valence-electron chi connectivity index (χ3n) is 3.80. The third-order valence-corrected chi connectivity index (χ3v) is 4.96. The quantitative estimate of drug-likeness (QED) is 0.765. The molecule has 2 aromatic heterocycles. The maximum absolute atomic E-state index is 12.5. The number of nitrogens with one attached hydrogen (secondary N) is 1. The summed E-state index contributed by atoms with van der Waals surface area (Å²) >= 11 is 1.06. The molecule has 0 spiro atoms. The molecule has 0 aromatic carbocycles. The second-order valence-electron chi connectivity index (χ2n) is 5.66. The number of ether oxygens (including phenoxy) is 4. The monoisotopic (exact) mass is 394 g/mol. The van der Waals surface area contributed by atoms with E-state index in [1.54, 1.807) is 20.8 Å². The highest BCUT2D eigenvalue weighted by atomic mass is 32.1. The second-order valence-corrected chi connectivity index (χ2v) is 6.66. The van der Waals surface area contributed by atoms with E-state index in [1.807, 2.05) is 0 Å². The maximum Gasteiger partial charge on any atom is 0.377 e. The van der Waals surface area contributed by atoms with Gasteiger partial charge in [0.25, 0.3) is 5.56 Å². The van der Waals surface area contributed by atoms with Gasteiger partial charge in [-0.3, -0.25) is 4.79 Å². The summed E-state index contributed by atoms with van der Waals surface area (Å²) in [5, 5.41) is 0.317. The van der Waals surface area contributed by atoms with Crippen molar-refractivity contribution in [3.05, 3.63) is 38.6 Å². The molecule has 0 saturated heterocycles. The SMILES string of the molecule is CCOC(=O)c1sc2nc(C(C)OC(=O)C3=COCCO3)[nH]c(=O)c2c1C. The Kier molecular flexibility index (Phi) is 5.45. The van der Waals surface area contributed by atoms with Crippen molar-refractivity contribution in [2.45, 2.75) is 26.9 Å². The van der Waals surface area contributed by atoms with Crippen molar-refractivity contribution in [2.75, 3.05) is 19.8 Å². The second kappa shape index (κ2) is 7.78. The number of hydrogen-bond acceptors (Lipinski definition) is 9. The van der Waals surface area contributed by atoms with Crippen LogP contribution in [0.4, 0.5) is 0 Å². The first-order valence-corrected chi connectivity index (χ1v) is 9.10. The van der Waals surface area contributed by atoms with Gasteiger partial charge in [-0.1, -0.05) is 0 Å². The Hall–Kier alpha value is -2.88. The molecule has 0 amide bonds. The molecule has 3 heterocycles. The lowest BCUT2D eigenvalue weighted by molar-refractivity contribution is -0.149. The predicted molar refractivity (Wildman–Crippen MR) is 95.4 cm³/mol. The molecule has 1 unspecified atom stereocenters. The molecule has 10 heteroatoms. The topological polar surface area (TPSA) is 117 Å². The number of carbonyl (C=O) groups excluding carboxylic acids is 2. The molecule has 27 heavy (non-hydrogen) atoms. The minimum Gasteiger partial charge on any atom is -0.493 e. The van der Waals surface area contributed by atoms with Crippen LogP contribution >= 0.6 is 11.3 Å². The normalized spacial score (nSPS) is 14.7. The van der Waals surface area contributed by atoms with Gasteiger partial charge in [-0.2, -0.15) is 0 Å². The van der Waals surface area contributed by atoms with Crippen LogP contribution in [0.15, 0.2) is 16.8 Å². The van der Waals surface area contributed by atoms with Gasteiger partial charge in [0, 0.05) is 0 Å². The van der Waals surface area contributed by atoms with Crippen molar-refractivity contribution < 1.29 is 28.5 Å². The van der Waals surface area contributed by atoms with Crippen molar-refractivity contribution in [3.63, 3.8) is 0 Å². The van der Waals surface area contributed by atoms with E-state index in [1.165, 1.54) is 6.26 Å². The first-order chi connectivity index (χ1) is 12.9. The van der Waals surface area contributed by atoms with Gasteiger partial charge in [0.15, 0.2) is 11.9 Å². The Balaban J connectivity index is 1.89. The third kappa shape index (κ3) is 3.80. The zero-order valence-corrected chi connectivity index (χ0v) is 15.8. The molecule has 144 valence electrons. The fourth-order valence-corrected chi connectivity index (χ4v) is 3.58. The molecule has 9 nitrogen and oxygen atoms in total.